The maximum atomic E-state index is 12.4. The minimum atomic E-state index is -0.0768. The Balaban J connectivity index is 1.71. The van der Waals surface area contributed by atoms with E-state index in [2.05, 4.69) is 22.7 Å². The van der Waals surface area contributed by atoms with Crippen LogP contribution in [-0.4, -0.2) is 34.8 Å². The quantitative estimate of drug-likeness (QED) is 0.912. The highest BCUT2D eigenvalue weighted by Crippen LogP contribution is 2.15. The predicted octanol–water partition coefficient (Wildman–Crippen LogP) is 2.25. The summed E-state index contributed by atoms with van der Waals surface area (Å²) in [6, 6.07) is 7.58. The Morgan fingerprint density at radius 1 is 1.50 bits per heavy atom. The molecule has 2 heterocycles. The molecule has 2 atom stereocenters. The molecule has 0 bridgehead atoms. The van der Waals surface area contributed by atoms with Gasteiger partial charge in [0.1, 0.15) is 0 Å². The van der Waals surface area contributed by atoms with E-state index in [0.717, 1.165) is 25.2 Å². The number of amides is 1. The lowest BCUT2D eigenvalue weighted by atomic mass is 9.95. The van der Waals surface area contributed by atoms with Gasteiger partial charge in [-0.2, -0.15) is 5.10 Å². The minimum Gasteiger partial charge on any atom is -0.349 e. The molecule has 1 aromatic carbocycles. The van der Waals surface area contributed by atoms with E-state index in [4.69, 9.17) is 11.6 Å². The van der Waals surface area contributed by atoms with Crippen molar-refractivity contribution in [3.05, 3.63) is 47.2 Å². The lowest BCUT2D eigenvalue weighted by Gasteiger charge is -2.30. The van der Waals surface area contributed by atoms with Crippen LogP contribution in [0.25, 0.3) is 5.69 Å². The number of hydrogen-bond donors (Lipinski definition) is 2. The van der Waals surface area contributed by atoms with Gasteiger partial charge in [0.05, 0.1) is 17.4 Å². The fraction of sp³-hybridized carbons (Fsp3) is 0.375. The second kappa shape index (κ2) is 6.50. The number of benzene rings is 1. The van der Waals surface area contributed by atoms with E-state index in [0.29, 0.717) is 16.5 Å². The molecule has 2 N–H and O–H groups in total. The fourth-order valence-electron chi connectivity index (χ4n) is 2.68. The maximum absolute atomic E-state index is 12.4. The highest BCUT2D eigenvalue weighted by Gasteiger charge is 2.23. The van der Waals surface area contributed by atoms with E-state index >= 15 is 0 Å². The van der Waals surface area contributed by atoms with Gasteiger partial charge in [-0.1, -0.05) is 24.6 Å². The molecule has 0 saturated carbocycles. The Morgan fingerprint density at radius 2 is 2.36 bits per heavy atom. The smallest absolute Gasteiger partial charge is 0.254 e. The molecule has 2 aromatic rings. The fourth-order valence-corrected chi connectivity index (χ4v) is 2.86. The van der Waals surface area contributed by atoms with Crippen LogP contribution in [0, 0.1) is 5.92 Å². The van der Waals surface area contributed by atoms with Crippen LogP contribution in [0.4, 0.5) is 0 Å². The van der Waals surface area contributed by atoms with Crippen LogP contribution >= 0.6 is 11.6 Å². The first-order valence-electron chi connectivity index (χ1n) is 7.45. The van der Waals surface area contributed by atoms with Gasteiger partial charge in [-0.15, -0.1) is 0 Å². The summed E-state index contributed by atoms with van der Waals surface area (Å²) in [5.41, 5.74) is 1.40. The molecule has 1 aliphatic rings. The molecule has 1 amide bonds. The van der Waals surface area contributed by atoms with Gasteiger partial charge in [-0.25, -0.2) is 4.68 Å². The standard InChI is InChI=1S/C16H19ClN4O/c1-11-8-18-6-5-15(11)20-16(22)12-9-19-21(10-12)14-4-2-3-13(17)7-14/h2-4,7,9-11,15,18H,5-6,8H2,1H3,(H,20,22). The zero-order valence-corrected chi connectivity index (χ0v) is 13.2. The van der Waals surface area contributed by atoms with Gasteiger partial charge in [0.15, 0.2) is 0 Å². The van der Waals surface area contributed by atoms with Crippen molar-refractivity contribution in [2.75, 3.05) is 13.1 Å². The molecule has 3 rings (SSSR count). The summed E-state index contributed by atoms with van der Waals surface area (Å²) in [5.74, 6) is 0.354. The summed E-state index contributed by atoms with van der Waals surface area (Å²) in [5, 5.41) is 11.3. The van der Waals surface area contributed by atoms with Gasteiger partial charge < -0.3 is 10.6 Å². The van der Waals surface area contributed by atoms with Crippen molar-refractivity contribution < 1.29 is 4.79 Å². The van der Waals surface area contributed by atoms with Crippen molar-refractivity contribution in [3.8, 4) is 5.69 Å². The second-order valence-corrected chi connectivity index (χ2v) is 6.14. The predicted molar refractivity (Wildman–Crippen MR) is 86.5 cm³/mol. The van der Waals surface area contributed by atoms with E-state index in [1.165, 1.54) is 0 Å². The average Bonchev–Trinajstić information content (AvgIpc) is 2.99. The Hall–Kier alpha value is -1.85. The van der Waals surface area contributed by atoms with Crippen LogP contribution in [0.5, 0.6) is 0 Å². The normalized spacial score (nSPS) is 21.5. The zero-order chi connectivity index (χ0) is 15.5. The first-order valence-corrected chi connectivity index (χ1v) is 7.83. The number of hydrogen-bond acceptors (Lipinski definition) is 3. The highest BCUT2D eigenvalue weighted by molar-refractivity contribution is 6.30. The van der Waals surface area contributed by atoms with Gasteiger partial charge in [0.25, 0.3) is 5.91 Å². The first-order chi connectivity index (χ1) is 10.6. The third-order valence-corrected chi connectivity index (χ3v) is 4.25. The molecule has 1 saturated heterocycles. The summed E-state index contributed by atoms with van der Waals surface area (Å²) in [4.78, 5) is 12.4. The Bertz CT molecular complexity index is 670. The van der Waals surface area contributed by atoms with Crippen molar-refractivity contribution in [2.45, 2.75) is 19.4 Å². The SMILES string of the molecule is CC1CNCCC1NC(=O)c1cnn(-c2cccc(Cl)c2)c1. The van der Waals surface area contributed by atoms with Crippen LogP contribution in [0.2, 0.25) is 5.02 Å². The van der Waals surface area contributed by atoms with Crippen LogP contribution < -0.4 is 10.6 Å². The van der Waals surface area contributed by atoms with Crippen LogP contribution in [0.1, 0.15) is 23.7 Å². The number of piperidine rings is 1. The molecule has 116 valence electrons. The Morgan fingerprint density at radius 3 is 3.14 bits per heavy atom. The Kier molecular flexibility index (Phi) is 4.45. The number of rotatable bonds is 3. The van der Waals surface area contributed by atoms with E-state index in [1.54, 1.807) is 23.1 Å². The van der Waals surface area contributed by atoms with E-state index < -0.39 is 0 Å². The third-order valence-electron chi connectivity index (χ3n) is 4.02. The number of carbonyl (C=O) groups excluding carboxylic acids is 1. The van der Waals surface area contributed by atoms with E-state index in [9.17, 15) is 4.79 Å². The van der Waals surface area contributed by atoms with Crippen molar-refractivity contribution in [1.82, 2.24) is 20.4 Å². The molecule has 0 spiro atoms. The van der Waals surface area contributed by atoms with Gasteiger partial charge >= 0.3 is 0 Å². The molecule has 22 heavy (non-hydrogen) atoms. The van der Waals surface area contributed by atoms with Gasteiger partial charge in [-0.05, 0) is 43.6 Å². The number of carbonyl (C=O) groups is 1. The molecule has 1 aromatic heterocycles. The largest absolute Gasteiger partial charge is 0.349 e. The van der Waals surface area contributed by atoms with Gasteiger partial charge in [-0.3, -0.25) is 4.79 Å². The lowest BCUT2D eigenvalue weighted by Crippen LogP contribution is -2.48. The topological polar surface area (TPSA) is 58.9 Å². The second-order valence-electron chi connectivity index (χ2n) is 5.70. The van der Waals surface area contributed by atoms with Crippen molar-refractivity contribution in [2.24, 2.45) is 5.92 Å². The molecule has 2 unspecified atom stereocenters. The lowest BCUT2D eigenvalue weighted by molar-refractivity contribution is 0.0914. The molecule has 1 fully saturated rings. The maximum Gasteiger partial charge on any atom is 0.254 e. The minimum absolute atomic E-state index is 0.0768. The van der Waals surface area contributed by atoms with E-state index in [-0.39, 0.29) is 11.9 Å². The average molecular weight is 319 g/mol. The molecule has 5 nitrogen and oxygen atoms in total. The van der Waals surface area contributed by atoms with Crippen LogP contribution in [-0.2, 0) is 0 Å². The van der Waals surface area contributed by atoms with Crippen LogP contribution in [0.15, 0.2) is 36.7 Å². The first kappa shape index (κ1) is 15.1. The summed E-state index contributed by atoms with van der Waals surface area (Å²) in [6.07, 6.45) is 4.27. The number of halogens is 1. The third kappa shape index (κ3) is 3.31. The molecule has 6 heteroatoms. The zero-order valence-electron chi connectivity index (χ0n) is 12.4. The van der Waals surface area contributed by atoms with Crippen molar-refractivity contribution in [3.63, 3.8) is 0 Å². The van der Waals surface area contributed by atoms with E-state index in [1.807, 2.05) is 18.2 Å². The summed E-state index contributed by atoms with van der Waals surface area (Å²) in [7, 11) is 0. The van der Waals surface area contributed by atoms with Crippen LogP contribution in [0.3, 0.4) is 0 Å². The molecular weight excluding hydrogens is 300 g/mol. The summed E-state index contributed by atoms with van der Waals surface area (Å²) < 4.78 is 1.66. The highest BCUT2D eigenvalue weighted by atomic mass is 35.5. The molecular formula is C16H19ClN4O. The molecule has 0 radical (unpaired) electrons. The van der Waals surface area contributed by atoms with Crippen molar-refractivity contribution in [1.29, 1.82) is 0 Å². The number of nitrogens with zero attached hydrogens (tertiary/aromatic N) is 2. The number of aromatic nitrogens is 2. The summed E-state index contributed by atoms with van der Waals surface area (Å²) >= 11 is 5.98. The van der Waals surface area contributed by atoms with Gasteiger partial charge in [0.2, 0.25) is 0 Å². The number of nitrogens with one attached hydrogen (secondary N) is 2. The molecule has 0 aliphatic carbocycles. The molecule has 1 aliphatic heterocycles. The Labute approximate surface area is 134 Å². The van der Waals surface area contributed by atoms with Gasteiger partial charge in [0, 0.05) is 17.3 Å². The monoisotopic (exact) mass is 318 g/mol. The summed E-state index contributed by atoms with van der Waals surface area (Å²) in [6.45, 7) is 4.02. The van der Waals surface area contributed by atoms with Crippen molar-refractivity contribution >= 4 is 17.5 Å².